The highest BCUT2D eigenvalue weighted by Gasteiger charge is 2.17. The minimum absolute atomic E-state index is 0.0196. The van der Waals surface area contributed by atoms with E-state index in [2.05, 4.69) is 0 Å². The highest BCUT2D eigenvalue weighted by molar-refractivity contribution is 7.89. The lowest BCUT2D eigenvalue weighted by Crippen LogP contribution is -2.15. The van der Waals surface area contributed by atoms with Crippen molar-refractivity contribution in [2.75, 3.05) is 13.2 Å². The van der Waals surface area contributed by atoms with Gasteiger partial charge in [0.25, 0.3) is 0 Å². The van der Waals surface area contributed by atoms with E-state index in [1.807, 2.05) is 0 Å². The number of rotatable bonds is 6. The molecular weight excluding hydrogens is 377 g/mol. The summed E-state index contributed by atoms with van der Waals surface area (Å²) in [7, 11) is -4.03. The molecule has 0 aliphatic rings. The molecule has 0 unspecified atom stereocenters. The lowest BCUT2D eigenvalue weighted by molar-refractivity contribution is 0.0450. The van der Waals surface area contributed by atoms with Crippen LogP contribution in [-0.2, 0) is 14.8 Å². The minimum Gasteiger partial charge on any atom is -0.490 e. The van der Waals surface area contributed by atoms with Crippen LogP contribution in [0.5, 0.6) is 5.75 Å². The van der Waals surface area contributed by atoms with Crippen LogP contribution < -0.4 is 9.88 Å². The minimum atomic E-state index is -4.03. The van der Waals surface area contributed by atoms with Crippen LogP contribution in [0.1, 0.15) is 10.4 Å². The molecule has 0 saturated heterocycles. The van der Waals surface area contributed by atoms with Crippen molar-refractivity contribution in [1.82, 2.24) is 0 Å². The smallest absolute Gasteiger partial charge is 0.338 e. The summed E-state index contributed by atoms with van der Waals surface area (Å²) >= 11 is 11.6. The van der Waals surface area contributed by atoms with Crippen molar-refractivity contribution in [3.63, 3.8) is 0 Å². The topological polar surface area (TPSA) is 95.7 Å². The fraction of sp³-hybridized carbons (Fsp3) is 0.133. The van der Waals surface area contributed by atoms with Gasteiger partial charge in [0.05, 0.1) is 10.6 Å². The van der Waals surface area contributed by atoms with Gasteiger partial charge >= 0.3 is 5.97 Å². The van der Waals surface area contributed by atoms with E-state index in [1.54, 1.807) is 24.3 Å². The fourth-order valence-electron chi connectivity index (χ4n) is 1.78. The summed E-state index contributed by atoms with van der Waals surface area (Å²) < 4.78 is 33.2. The number of sulfonamides is 1. The number of benzene rings is 2. The number of hydrogen-bond donors (Lipinski definition) is 1. The van der Waals surface area contributed by atoms with Crippen LogP contribution in [0, 0.1) is 0 Å². The maximum absolute atomic E-state index is 11.9. The second kappa shape index (κ2) is 7.85. The Hall–Kier alpha value is -1.80. The second-order valence-electron chi connectivity index (χ2n) is 4.63. The number of halogens is 2. The molecule has 0 aliphatic carbocycles. The van der Waals surface area contributed by atoms with Crippen molar-refractivity contribution in [2.45, 2.75) is 4.90 Å². The van der Waals surface area contributed by atoms with E-state index in [1.165, 1.54) is 12.1 Å². The van der Waals surface area contributed by atoms with Crippen molar-refractivity contribution in [1.29, 1.82) is 0 Å². The highest BCUT2D eigenvalue weighted by atomic mass is 35.5. The molecule has 24 heavy (non-hydrogen) atoms. The standard InChI is InChI=1S/C15H13Cl2NO5S/c16-11-2-1-3-12(9-11)22-6-7-23-15(19)10-4-5-13(17)14(8-10)24(18,20)21/h1-5,8-9H,6-7H2,(H2,18,20,21). The molecule has 0 spiro atoms. The van der Waals surface area contributed by atoms with Gasteiger partial charge in [0.15, 0.2) is 0 Å². The molecule has 0 amide bonds. The quantitative estimate of drug-likeness (QED) is 0.605. The predicted octanol–water partition coefficient (Wildman–Crippen LogP) is 2.88. The molecule has 2 rings (SSSR count). The maximum atomic E-state index is 11.9. The molecule has 6 nitrogen and oxygen atoms in total. The van der Waals surface area contributed by atoms with Gasteiger partial charge in [0.1, 0.15) is 23.9 Å². The zero-order valence-corrected chi connectivity index (χ0v) is 14.6. The average Bonchev–Trinajstić information content (AvgIpc) is 2.50. The number of esters is 1. The molecule has 9 heteroatoms. The summed E-state index contributed by atoms with van der Waals surface area (Å²) in [5, 5.41) is 5.49. The number of hydrogen-bond acceptors (Lipinski definition) is 5. The van der Waals surface area contributed by atoms with Crippen LogP contribution in [0.2, 0.25) is 10.0 Å². The lowest BCUT2D eigenvalue weighted by Gasteiger charge is -2.09. The monoisotopic (exact) mass is 389 g/mol. The van der Waals surface area contributed by atoms with Gasteiger partial charge in [0.2, 0.25) is 10.0 Å². The molecule has 2 N–H and O–H groups in total. The molecule has 0 fully saturated rings. The maximum Gasteiger partial charge on any atom is 0.338 e. The molecule has 0 aromatic heterocycles. The van der Waals surface area contributed by atoms with Gasteiger partial charge in [-0.15, -0.1) is 0 Å². The van der Waals surface area contributed by atoms with Crippen molar-refractivity contribution < 1.29 is 22.7 Å². The number of primary sulfonamides is 1. The van der Waals surface area contributed by atoms with Crippen molar-refractivity contribution in [3.8, 4) is 5.75 Å². The van der Waals surface area contributed by atoms with E-state index in [9.17, 15) is 13.2 Å². The van der Waals surface area contributed by atoms with Gasteiger partial charge in [0, 0.05) is 5.02 Å². The van der Waals surface area contributed by atoms with Crippen LogP contribution in [-0.4, -0.2) is 27.6 Å². The molecule has 0 atom stereocenters. The normalized spacial score (nSPS) is 11.1. The van der Waals surface area contributed by atoms with Crippen LogP contribution in [0.25, 0.3) is 0 Å². The molecule has 2 aromatic rings. The SMILES string of the molecule is NS(=O)(=O)c1cc(C(=O)OCCOc2cccc(Cl)c2)ccc1Cl. The predicted molar refractivity (Wildman–Crippen MR) is 90.1 cm³/mol. The van der Waals surface area contributed by atoms with Crippen molar-refractivity contribution in [2.24, 2.45) is 5.14 Å². The molecule has 0 saturated carbocycles. The summed E-state index contributed by atoms with van der Waals surface area (Å²) in [6, 6.07) is 10.5. The second-order valence-corrected chi connectivity index (χ2v) is 7.01. The van der Waals surface area contributed by atoms with E-state index >= 15 is 0 Å². The van der Waals surface area contributed by atoms with E-state index in [0.717, 1.165) is 6.07 Å². The molecule has 128 valence electrons. The van der Waals surface area contributed by atoms with Crippen molar-refractivity contribution >= 4 is 39.2 Å². The summed E-state index contributed by atoms with van der Waals surface area (Å²) in [6.45, 7) is 0.0837. The van der Waals surface area contributed by atoms with Gasteiger partial charge in [-0.2, -0.15) is 0 Å². The largest absolute Gasteiger partial charge is 0.490 e. The fourth-order valence-corrected chi connectivity index (χ4v) is 3.03. The summed E-state index contributed by atoms with van der Waals surface area (Å²) in [4.78, 5) is 11.6. The lowest BCUT2D eigenvalue weighted by atomic mass is 10.2. The summed E-state index contributed by atoms with van der Waals surface area (Å²) in [5.74, 6) is -0.173. The Labute approximate surface area is 149 Å². The number of carbonyl (C=O) groups excluding carboxylic acids is 1. The van der Waals surface area contributed by atoms with Gasteiger partial charge < -0.3 is 9.47 Å². The Kier molecular flexibility index (Phi) is 6.06. The van der Waals surface area contributed by atoms with Crippen molar-refractivity contribution in [3.05, 3.63) is 58.1 Å². The first-order valence-electron chi connectivity index (χ1n) is 6.65. The Balaban J connectivity index is 1.93. The first-order chi connectivity index (χ1) is 11.3. The Morgan fingerprint density at radius 1 is 1.08 bits per heavy atom. The first kappa shape index (κ1) is 18.5. The number of ether oxygens (including phenoxy) is 2. The van der Waals surface area contributed by atoms with Gasteiger partial charge in [-0.25, -0.2) is 18.4 Å². The van der Waals surface area contributed by atoms with Gasteiger partial charge in [-0.05, 0) is 36.4 Å². The van der Waals surface area contributed by atoms with E-state index < -0.39 is 16.0 Å². The third kappa shape index (κ3) is 5.10. The third-order valence-corrected chi connectivity index (χ3v) is 4.48. The molecule has 0 bridgehead atoms. The van der Waals surface area contributed by atoms with E-state index in [4.69, 9.17) is 37.8 Å². The number of carbonyl (C=O) groups is 1. The van der Waals surface area contributed by atoms with Gasteiger partial charge in [-0.1, -0.05) is 29.3 Å². The van der Waals surface area contributed by atoms with Crippen LogP contribution >= 0.6 is 23.2 Å². The Morgan fingerprint density at radius 2 is 1.83 bits per heavy atom. The van der Waals surface area contributed by atoms with Crippen LogP contribution in [0.3, 0.4) is 0 Å². The summed E-state index contributed by atoms with van der Waals surface area (Å²) in [6.07, 6.45) is 0. The third-order valence-electron chi connectivity index (χ3n) is 2.85. The first-order valence-corrected chi connectivity index (χ1v) is 8.95. The Bertz CT molecular complexity index is 855. The van der Waals surface area contributed by atoms with Gasteiger partial charge in [-0.3, -0.25) is 0 Å². The van der Waals surface area contributed by atoms with Crippen LogP contribution in [0.4, 0.5) is 0 Å². The molecule has 2 aromatic carbocycles. The summed E-state index contributed by atoms with van der Waals surface area (Å²) in [5.41, 5.74) is 0.0196. The highest BCUT2D eigenvalue weighted by Crippen LogP contribution is 2.22. The van der Waals surface area contributed by atoms with E-state index in [-0.39, 0.29) is 28.7 Å². The molecular formula is C15H13Cl2NO5S. The molecule has 0 radical (unpaired) electrons. The number of nitrogens with two attached hydrogens (primary N) is 1. The molecule has 0 heterocycles. The zero-order valence-electron chi connectivity index (χ0n) is 12.2. The zero-order chi connectivity index (χ0) is 17.7. The van der Waals surface area contributed by atoms with Crippen LogP contribution in [0.15, 0.2) is 47.4 Å². The average molecular weight is 390 g/mol. The molecule has 0 aliphatic heterocycles. The Morgan fingerprint density at radius 3 is 2.50 bits per heavy atom. The van der Waals surface area contributed by atoms with E-state index in [0.29, 0.717) is 10.8 Å².